The molecule has 4 heteroatoms. The van der Waals surface area contributed by atoms with Crippen molar-refractivity contribution >= 4 is 11.1 Å². The first-order chi connectivity index (χ1) is 8.61. The van der Waals surface area contributed by atoms with E-state index in [9.17, 15) is 0 Å². The highest BCUT2D eigenvalue weighted by Gasteiger charge is 2.12. The number of aryl methyl sites for hydroxylation is 3. The van der Waals surface area contributed by atoms with Crippen molar-refractivity contribution in [2.45, 2.75) is 27.2 Å². The molecule has 3 aromatic rings. The van der Waals surface area contributed by atoms with Crippen molar-refractivity contribution in [2.75, 3.05) is 0 Å². The summed E-state index contributed by atoms with van der Waals surface area (Å²) in [5.41, 5.74) is 3.77. The van der Waals surface area contributed by atoms with Gasteiger partial charge in [-0.2, -0.15) is 0 Å². The van der Waals surface area contributed by atoms with Crippen molar-refractivity contribution in [3.63, 3.8) is 0 Å². The highest BCUT2D eigenvalue weighted by molar-refractivity contribution is 5.73. The number of hydrogen-bond acceptors (Lipinski definition) is 4. The molecule has 3 rings (SSSR count). The van der Waals surface area contributed by atoms with Crippen LogP contribution in [0.15, 0.2) is 27.0 Å². The van der Waals surface area contributed by atoms with E-state index in [0.29, 0.717) is 18.2 Å². The summed E-state index contributed by atoms with van der Waals surface area (Å²) < 4.78 is 11.1. The molecule has 18 heavy (non-hydrogen) atoms. The highest BCUT2D eigenvalue weighted by atomic mass is 16.4. The molecule has 0 fully saturated rings. The van der Waals surface area contributed by atoms with E-state index in [1.54, 1.807) is 0 Å². The zero-order valence-electron chi connectivity index (χ0n) is 10.7. The second-order valence-electron chi connectivity index (χ2n) is 4.49. The Labute approximate surface area is 105 Å². The van der Waals surface area contributed by atoms with Crippen molar-refractivity contribution in [3.8, 4) is 0 Å². The fraction of sp³-hybridized carbons (Fsp3) is 0.286. The summed E-state index contributed by atoms with van der Waals surface area (Å²) in [6.45, 7) is 5.78. The molecule has 1 aromatic carbocycles. The Morgan fingerprint density at radius 1 is 1.06 bits per heavy atom. The first-order valence-electron chi connectivity index (χ1n) is 5.91. The van der Waals surface area contributed by atoms with E-state index < -0.39 is 0 Å². The van der Waals surface area contributed by atoms with E-state index in [4.69, 9.17) is 8.83 Å². The summed E-state index contributed by atoms with van der Waals surface area (Å²) >= 11 is 0. The Morgan fingerprint density at radius 2 is 1.89 bits per heavy atom. The highest BCUT2D eigenvalue weighted by Crippen LogP contribution is 2.20. The average molecular weight is 242 g/mol. The topological polar surface area (TPSA) is 52.1 Å². The lowest BCUT2D eigenvalue weighted by Gasteiger charge is -1.90. The summed E-state index contributed by atoms with van der Waals surface area (Å²) in [4.78, 5) is 8.80. The third-order valence-electron chi connectivity index (χ3n) is 2.91. The Bertz CT molecular complexity index is 710. The van der Waals surface area contributed by atoms with Gasteiger partial charge in [0, 0.05) is 6.92 Å². The molecular formula is C14H14N2O2. The predicted octanol–water partition coefficient (Wildman–Crippen LogP) is 3.33. The largest absolute Gasteiger partial charge is 0.446 e. The molecule has 0 spiro atoms. The molecule has 4 nitrogen and oxygen atoms in total. The fourth-order valence-electron chi connectivity index (χ4n) is 2.04. The van der Waals surface area contributed by atoms with Gasteiger partial charge in [-0.05, 0) is 31.5 Å². The van der Waals surface area contributed by atoms with Gasteiger partial charge in [0.05, 0.1) is 12.1 Å². The molecule has 0 aliphatic heterocycles. The van der Waals surface area contributed by atoms with Crippen molar-refractivity contribution in [1.82, 2.24) is 9.97 Å². The molecule has 0 bridgehead atoms. The molecule has 0 atom stereocenters. The summed E-state index contributed by atoms with van der Waals surface area (Å²) in [6, 6.07) is 5.98. The number of rotatable bonds is 2. The van der Waals surface area contributed by atoms with Crippen LogP contribution in [-0.4, -0.2) is 9.97 Å². The first-order valence-corrected chi connectivity index (χ1v) is 5.91. The minimum Gasteiger partial charge on any atom is -0.446 e. The van der Waals surface area contributed by atoms with E-state index in [2.05, 4.69) is 9.97 Å². The Balaban J connectivity index is 1.97. The maximum absolute atomic E-state index is 5.70. The van der Waals surface area contributed by atoms with Crippen LogP contribution in [0.1, 0.15) is 28.8 Å². The predicted molar refractivity (Wildman–Crippen MR) is 67.5 cm³/mol. The monoisotopic (exact) mass is 242 g/mol. The van der Waals surface area contributed by atoms with Gasteiger partial charge in [0.25, 0.3) is 0 Å². The molecule has 0 saturated carbocycles. The van der Waals surface area contributed by atoms with Gasteiger partial charge in [0.1, 0.15) is 11.3 Å². The van der Waals surface area contributed by atoms with Gasteiger partial charge in [-0.25, -0.2) is 9.97 Å². The summed E-state index contributed by atoms with van der Waals surface area (Å²) in [6.07, 6.45) is 0.566. The van der Waals surface area contributed by atoms with Crippen LogP contribution in [0.5, 0.6) is 0 Å². The number of hydrogen-bond donors (Lipinski definition) is 0. The number of benzene rings is 1. The molecule has 0 aliphatic rings. The van der Waals surface area contributed by atoms with Crippen molar-refractivity contribution in [1.29, 1.82) is 0 Å². The fourth-order valence-corrected chi connectivity index (χ4v) is 2.04. The minimum absolute atomic E-state index is 0.566. The zero-order chi connectivity index (χ0) is 12.7. The van der Waals surface area contributed by atoms with Crippen LogP contribution in [-0.2, 0) is 6.42 Å². The van der Waals surface area contributed by atoms with Crippen LogP contribution in [0.4, 0.5) is 0 Å². The molecule has 2 heterocycles. The van der Waals surface area contributed by atoms with Gasteiger partial charge in [-0.1, -0.05) is 6.07 Å². The SMILES string of the molecule is Cc1ccc2oc(Cc3nc(C)oc3C)nc2c1. The van der Waals surface area contributed by atoms with E-state index in [-0.39, 0.29) is 0 Å². The van der Waals surface area contributed by atoms with Crippen LogP contribution >= 0.6 is 0 Å². The third-order valence-corrected chi connectivity index (χ3v) is 2.91. The Morgan fingerprint density at radius 3 is 2.61 bits per heavy atom. The van der Waals surface area contributed by atoms with Crippen LogP contribution in [0.2, 0.25) is 0 Å². The Hall–Kier alpha value is -2.10. The summed E-state index contributed by atoms with van der Waals surface area (Å²) in [5.74, 6) is 2.17. The van der Waals surface area contributed by atoms with Gasteiger partial charge in [0.2, 0.25) is 5.89 Å². The second kappa shape index (κ2) is 3.98. The zero-order valence-corrected chi connectivity index (χ0v) is 10.7. The number of fused-ring (bicyclic) bond motifs is 1. The van der Waals surface area contributed by atoms with Crippen molar-refractivity contribution in [2.24, 2.45) is 0 Å². The lowest BCUT2D eigenvalue weighted by molar-refractivity contribution is 0.491. The first kappa shape index (κ1) is 11.0. The molecule has 0 N–H and O–H groups in total. The van der Waals surface area contributed by atoms with E-state index >= 15 is 0 Å². The maximum atomic E-state index is 5.70. The quantitative estimate of drug-likeness (QED) is 0.691. The standard InChI is InChI=1S/C14H14N2O2/c1-8-4-5-13-12(6-8)16-14(18-13)7-11-9(2)17-10(3)15-11/h4-6H,7H2,1-3H3. The van der Waals surface area contributed by atoms with Crippen molar-refractivity contribution in [3.05, 3.63) is 47.0 Å². The normalized spacial score (nSPS) is 11.3. The van der Waals surface area contributed by atoms with Crippen molar-refractivity contribution < 1.29 is 8.83 Å². The van der Waals surface area contributed by atoms with Crippen LogP contribution < -0.4 is 0 Å². The Kier molecular flexibility index (Phi) is 2.44. The van der Waals surface area contributed by atoms with E-state index in [1.807, 2.05) is 39.0 Å². The number of aromatic nitrogens is 2. The molecule has 0 saturated heterocycles. The summed E-state index contributed by atoms with van der Waals surface area (Å²) in [5, 5.41) is 0. The van der Waals surface area contributed by atoms with Gasteiger partial charge in [0.15, 0.2) is 11.5 Å². The molecule has 2 aromatic heterocycles. The lowest BCUT2D eigenvalue weighted by atomic mass is 10.2. The van der Waals surface area contributed by atoms with Crippen LogP contribution in [0, 0.1) is 20.8 Å². The van der Waals surface area contributed by atoms with Crippen LogP contribution in [0.3, 0.4) is 0 Å². The van der Waals surface area contributed by atoms with Gasteiger partial charge >= 0.3 is 0 Å². The molecule has 0 aliphatic carbocycles. The molecule has 92 valence electrons. The lowest BCUT2D eigenvalue weighted by Crippen LogP contribution is -1.90. The van der Waals surface area contributed by atoms with Gasteiger partial charge in [-0.3, -0.25) is 0 Å². The number of nitrogens with zero attached hydrogens (tertiary/aromatic N) is 2. The van der Waals surface area contributed by atoms with E-state index in [0.717, 1.165) is 22.6 Å². The second-order valence-corrected chi connectivity index (χ2v) is 4.49. The summed E-state index contributed by atoms with van der Waals surface area (Å²) in [7, 11) is 0. The molecular weight excluding hydrogens is 228 g/mol. The van der Waals surface area contributed by atoms with Gasteiger partial charge < -0.3 is 8.83 Å². The van der Waals surface area contributed by atoms with Gasteiger partial charge in [-0.15, -0.1) is 0 Å². The molecule has 0 unspecified atom stereocenters. The number of oxazole rings is 2. The smallest absolute Gasteiger partial charge is 0.201 e. The average Bonchev–Trinajstić information content (AvgIpc) is 2.82. The van der Waals surface area contributed by atoms with E-state index in [1.165, 1.54) is 5.56 Å². The van der Waals surface area contributed by atoms with Crippen LogP contribution in [0.25, 0.3) is 11.1 Å². The third kappa shape index (κ3) is 1.90. The molecule has 0 amide bonds. The molecule has 0 radical (unpaired) electrons. The maximum Gasteiger partial charge on any atom is 0.201 e. The minimum atomic E-state index is 0.566.